The van der Waals surface area contributed by atoms with Crippen LogP contribution in [-0.2, 0) is 17.6 Å². The zero-order valence-corrected chi connectivity index (χ0v) is 17.0. The lowest BCUT2D eigenvalue weighted by atomic mass is 9.89. The molecule has 3 N–H and O–H groups in total. The second kappa shape index (κ2) is 7.93. The van der Waals surface area contributed by atoms with E-state index in [1.54, 1.807) is 23.5 Å². The number of benzene rings is 2. The molecule has 0 saturated heterocycles. The summed E-state index contributed by atoms with van der Waals surface area (Å²) in [6, 6.07) is 10.2. The molecule has 0 radical (unpaired) electrons. The van der Waals surface area contributed by atoms with E-state index in [9.17, 15) is 14.7 Å². The molecule has 4 rings (SSSR count). The maximum atomic E-state index is 12.7. The number of rotatable bonds is 6. The van der Waals surface area contributed by atoms with Gasteiger partial charge in [-0.3, -0.25) is 9.69 Å². The van der Waals surface area contributed by atoms with Crippen molar-refractivity contribution < 1.29 is 14.7 Å². The van der Waals surface area contributed by atoms with Gasteiger partial charge in [-0.25, -0.2) is 9.78 Å². The van der Waals surface area contributed by atoms with E-state index in [0.717, 1.165) is 35.7 Å². The molecule has 1 aromatic heterocycles. The fourth-order valence-corrected chi connectivity index (χ4v) is 5.35. The Morgan fingerprint density at radius 2 is 2.10 bits per heavy atom. The predicted molar refractivity (Wildman–Crippen MR) is 113 cm³/mol. The van der Waals surface area contributed by atoms with Crippen molar-refractivity contribution in [3.05, 3.63) is 63.6 Å². The lowest BCUT2D eigenvalue weighted by Crippen LogP contribution is -2.46. The van der Waals surface area contributed by atoms with Crippen LogP contribution in [0.5, 0.6) is 0 Å². The van der Waals surface area contributed by atoms with Crippen LogP contribution in [0.3, 0.4) is 0 Å². The Labute approximate surface area is 173 Å². The van der Waals surface area contributed by atoms with Gasteiger partial charge in [0.15, 0.2) is 0 Å². The molecule has 0 saturated carbocycles. The summed E-state index contributed by atoms with van der Waals surface area (Å²) in [5.41, 5.74) is 9.51. The molecule has 1 aliphatic rings. The van der Waals surface area contributed by atoms with E-state index in [1.165, 1.54) is 4.88 Å². The summed E-state index contributed by atoms with van der Waals surface area (Å²) in [5.74, 6) is -1.58. The molecular weight excluding hydrogens is 386 g/mol. The fraction of sp³-hybridized carbons (Fsp3) is 0.318. The first kappa shape index (κ1) is 19.5. The van der Waals surface area contributed by atoms with Crippen molar-refractivity contribution in [1.29, 1.82) is 0 Å². The fourth-order valence-electron chi connectivity index (χ4n) is 4.47. The summed E-state index contributed by atoms with van der Waals surface area (Å²) < 4.78 is 0. The molecule has 0 fully saturated rings. The molecule has 1 aliphatic carbocycles. The Morgan fingerprint density at radius 1 is 1.31 bits per heavy atom. The minimum Gasteiger partial charge on any atom is -0.478 e. The van der Waals surface area contributed by atoms with Crippen LogP contribution >= 0.6 is 11.3 Å². The number of amides is 1. The van der Waals surface area contributed by atoms with Crippen molar-refractivity contribution in [3.8, 4) is 0 Å². The summed E-state index contributed by atoms with van der Waals surface area (Å²) in [6.07, 6.45) is 2.51. The second-order valence-electron chi connectivity index (χ2n) is 7.31. The lowest BCUT2D eigenvalue weighted by Gasteiger charge is -2.38. The van der Waals surface area contributed by atoms with Crippen LogP contribution in [-0.4, -0.2) is 39.5 Å². The number of carboxylic acid groups (broad SMARTS) is 1. The third-order valence-corrected chi connectivity index (χ3v) is 6.67. The highest BCUT2D eigenvalue weighted by atomic mass is 32.1. The van der Waals surface area contributed by atoms with Crippen molar-refractivity contribution in [2.75, 3.05) is 6.54 Å². The number of primary amides is 1. The maximum absolute atomic E-state index is 12.7. The molecule has 0 aliphatic heterocycles. The average Bonchev–Trinajstić information content (AvgIpc) is 3.18. The SMILES string of the molecule is CCN(C1CCc2ncsc2C1)C(C(N)=O)c1c(C(=O)O)ccc2ccccc12. The summed E-state index contributed by atoms with van der Waals surface area (Å²) in [4.78, 5) is 32.5. The molecule has 1 amide bonds. The number of thiazole rings is 1. The molecule has 2 aromatic carbocycles. The normalized spacial score (nSPS) is 17.2. The van der Waals surface area contributed by atoms with Crippen molar-refractivity contribution in [2.24, 2.45) is 5.73 Å². The van der Waals surface area contributed by atoms with Gasteiger partial charge in [-0.15, -0.1) is 11.3 Å². The van der Waals surface area contributed by atoms with E-state index < -0.39 is 17.9 Å². The highest BCUT2D eigenvalue weighted by Crippen LogP contribution is 2.36. The quantitative estimate of drug-likeness (QED) is 0.650. The molecule has 2 unspecified atom stereocenters. The van der Waals surface area contributed by atoms with Gasteiger partial charge in [-0.2, -0.15) is 0 Å². The van der Waals surface area contributed by atoms with Crippen LogP contribution in [0.1, 0.15) is 45.9 Å². The molecule has 3 aromatic rings. The van der Waals surface area contributed by atoms with Gasteiger partial charge in [-0.05, 0) is 42.6 Å². The number of aromatic carboxylic acids is 1. The molecule has 2 atom stereocenters. The van der Waals surface area contributed by atoms with Crippen molar-refractivity contribution in [2.45, 2.75) is 38.3 Å². The Morgan fingerprint density at radius 3 is 2.83 bits per heavy atom. The van der Waals surface area contributed by atoms with Crippen LogP contribution < -0.4 is 5.73 Å². The number of aromatic nitrogens is 1. The van der Waals surface area contributed by atoms with Gasteiger partial charge in [-0.1, -0.05) is 37.3 Å². The van der Waals surface area contributed by atoms with Crippen molar-refractivity contribution in [3.63, 3.8) is 0 Å². The van der Waals surface area contributed by atoms with Gasteiger partial charge < -0.3 is 10.8 Å². The first-order chi connectivity index (χ1) is 14.0. The van der Waals surface area contributed by atoms with E-state index in [1.807, 2.05) is 36.7 Å². The van der Waals surface area contributed by atoms with Crippen molar-refractivity contribution >= 4 is 34.0 Å². The van der Waals surface area contributed by atoms with Crippen LogP contribution in [0.25, 0.3) is 10.8 Å². The van der Waals surface area contributed by atoms with Crippen molar-refractivity contribution in [1.82, 2.24) is 9.88 Å². The van der Waals surface area contributed by atoms with Crippen LogP contribution in [0.4, 0.5) is 0 Å². The number of nitrogens with zero attached hydrogens (tertiary/aromatic N) is 2. The lowest BCUT2D eigenvalue weighted by molar-refractivity contribution is -0.124. The Balaban J connectivity index is 1.85. The van der Waals surface area contributed by atoms with Gasteiger partial charge in [0.2, 0.25) is 5.91 Å². The minimum absolute atomic E-state index is 0.103. The molecule has 29 heavy (non-hydrogen) atoms. The smallest absolute Gasteiger partial charge is 0.336 e. The maximum Gasteiger partial charge on any atom is 0.336 e. The predicted octanol–water partition coefficient (Wildman–Crippen LogP) is 3.40. The average molecular weight is 410 g/mol. The minimum atomic E-state index is -1.05. The molecule has 0 spiro atoms. The van der Waals surface area contributed by atoms with E-state index in [0.29, 0.717) is 12.1 Å². The largest absolute Gasteiger partial charge is 0.478 e. The number of carboxylic acids is 1. The van der Waals surface area contributed by atoms with E-state index >= 15 is 0 Å². The van der Waals surface area contributed by atoms with Gasteiger partial charge in [0.25, 0.3) is 0 Å². The number of carbonyl (C=O) groups is 2. The monoisotopic (exact) mass is 409 g/mol. The summed E-state index contributed by atoms with van der Waals surface area (Å²) in [6.45, 7) is 2.58. The summed E-state index contributed by atoms with van der Waals surface area (Å²) in [5, 5.41) is 11.5. The summed E-state index contributed by atoms with van der Waals surface area (Å²) >= 11 is 1.64. The third kappa shape index (κ3) is 3.52. The molecule has 0 bridgehead atoms. The second-order valence-corrected chi connectivity index (χ2v) is 8.25. The van der Waals surface area contributed by atoms with E-state index in [2.05, 4.69) is 9.88 Å². The van der Waals surface area contributed by atoms with Crippen LogP contribution in [0.15, 0.2) is 41.9 Å². The molecule has 6 nitrogen and oxygen atoms in total. The zero-order chi connectivity index (χ0) is 20.5. The highest BCUT2D eigenvalue weighted by Gasteiger charge is 2.36. The molecular formula is C22H23N3O3S. The van der Waals surface area contributed by atoms with Crippen LogP contribution in [0.2, 0.25) is 0 Å². The van der Waals surface area contributed by atoms with Gasteiger partial charge in [0, 0.05) is 16.5 Å². The number of hydrogen-bond donors (Lipinski definition) is 2. The Hall–Kier alpha value is -2.77. The van der Waals surface area contributed by atoms with E-state index in [4.69, 9.17) is 5.73 Å². The standard InChI is InChI=1S/C22H23N3O3S/c1-2-25(14-8-10-17-18(11-14)29-12-24-17)20(21(23)26)19-15-6-4-3-5-13(15)7-9-16(19)22(27)28/h3-7,9,12,14,20H,2,8,10-11H2,1H3,(H2,23,26)(H,27,28). The molecule has 150 valence electrons. The van der Waals surface area contributed by atoms with Crippen LogP contribution in [0, 0.1) is 0 Å². The van der Waals surface area contributed by atoms with Gasteiger partial charge in [0.1, 0.15) is 6.04 Å². The Bertz CT molecular complexity index is 1080. The topological polar surface area (TPSA) is 96.5 Å². The molecule has 1 heterocycles. The number of aryl methyl sites for hydroxylation is 1. The first-order valence-electron chi connectivity index (χ1n) is 9.72. The highest BCUT2D eigenvalue weighted by molar-refractivity contribution is 7.09. The molecule has 7 heteroatoms. The van der Waals surface area contributed by atoms with Gasteiger partial charge >= 0.3 is 5.97 Å². The number of carbonyl (C=O) groups excluding carboxylic acids is 1. The van der Waals surface area contributed by atoms with E-state index in [-0.39, 0.29) is 11.6 Å². The number of likely N-dealkylation sites (N-methyl/N-ethyl adjacent to an activating group) is 1. The first-order valence-corrected chi connectivity index (χ1v) is 10.6. The third-order valence-electron chi connectivity index (χ3n) is 5.77. The number of nitrogens with two attached hydrogens (primary N) is 1. The zero-order valence-electron chi connectivity index (χ0n) is 16.2. The Kier molecular flexibility index (Phi) is 5.34. The summed E-state index contributed by atoms with van der Waals surface area (Å²) in [7, 11) is 0. The number of fused-ring (bicyclic) bond motifs is 2. The number of hydrogen-bond acceptors (Lipinski definition) is 5. The van der Waals surface area contributed by atoms with Gasteiger partial charge in [0.05, 0.1) is 16.8 Å².